The molecule has 0 saturated carbocycles. The van der Waals surface area contributed by atoms with Gasteiger partial charge in [-0.3, -0.25) is 4.98 Å². The van der Waals surface area contributed by atoms with Gasteiger partial charge in [-0.05, 0) is 12.1 Å². The van der Waals surface area contributed by atoms with Crippen LogP contribution in [0, 0.1) is 0 Å². The second-order valence-corrected chi connectivity index (χ2v) is 4.48. The molecule has 0 unspecified atom stereocenters. The maximum atomic E-state index is 12.8. The molecule has 1 aromatic carbocycles. The first-order valence-electron chi connectivity index (χ1n) is 4.87. The van der Waals surface area contributed by atoms with Gasteiger partial charge >= 0.3 is 12.4 Å². The topological polar surface area (TPSA) is 12.9 Å². The van der Waals surface area contributed by atoms with Gasteiger partial charge in [0.2, 0.25) is 0 Å². The largest absolute Gasteiger partial charge is 0.417 e. The van der Waals surface area contributed by atoms with Crippen molar-refractivity contribution < 1.29 is 26.3 Å². The maximum absolute atomic E-state index is 12.8. The summed E-state index contributed by atoms with van der Waals surface area (Å²) in [6.07, 6.45) is -8.73. The normalized spacial score (nSPS) is 12.7. The number of hydrogen-bond donors (Lipinski definition) is 0. The lowest BCUT2D eigenvalue weighted by Gasteiger charge is -2.17. The van der Waals surface area contributed by atoms with Crippen LogP contribution in [0.2, 0.25) is 0 Å². The van der Waals surface area contributed by atoms with Crippen molar-refractivity contribution in [2.24, 2.45) is 0 Å². The quantitative estimate of drug-likeness (QED) is 0.686. The molecule has 0 bridgehead atoms. The van der Waals surface area contributed by atoms with Crippen molar-refractivity contribution in [3.05, 3.63) is 41.0 Å². The zero-order valence-corrected chi connectivity index (χ0v) is 9.83. The van der Waals surface area contributed by atoms with Crippen molar-refractivity contribution in [1.29, 1.82) is 0 Å². The summed E-state index contributed by atoms with van der Waals surface area (Å²) in [5.74, 6) is 0. The number of hydrogen-bond acceptors (Lipinski definition) is 2. The molecule has 0 spiro atoms. The predicted molar refractivity (Wildman–Crippen MR) is 57.6 cm³/mol. The highest BCUT2D eigenvalue weighted by Gasteiger charge is 2.41. The fourth-order valence-corrected chi connectivity index (χ4v) is 2.32. The van der Waals surface area contributed by atoms with Crippen LogP contribution in [0.25, 0.3) is 10.4 Å². The average molecular weight is 297 g/mol. The minimum Gasteiger partial charge on any atom is -0.252 e. The number of aromatic nitrogens is 1. The highest BCUT2D eigenvalue weighted by molar-refractivity contribution is 7.13. The third-order valence-corrected chi connectivity index (χ3v) is 3.14. The number of alkyl halides is 6. The van der Waals surface area contributed by atoms with E-state index >= 15 is 0 Å². The molecule has 0 amide bonds. The molecule has 19 heavy (non-hydrogen) atoms. The molecule has 1 nitrogen and oxygen atoms in total. The van der Waals surface area contributed by atoms with Crippen molar-refractivity contribution in [3.63, 3.8) is 0 Å². The summed E-state index contributed by atoms with van der Waals surface area (Å²) in [6.45, 7) is 0. The molecule has 2 rings (SSSR count). The number of halogens is 6. The van der Waals surface area contributed by atoms with Crippen LogP contribution in [0.1, 0.15) is 11.1 Å². The Kier molecular flexibility index (Phi) is 3.29. The van der Waals surface area contributed by atoms with E-state index in [1.54, 1.807) is 0 Å². The third-order valence-electron chi connectivity index (χ3n) is 2.35. The second kappa shape index (κ2) is 4.52. The Balaban J connectivity index is 2.78. The molecular weight excluding hydrogens is 292 g/mol. The van der Waals surface area contributed by atoms with Crippen molar-refractivity contribution in [2.75, 3.05) is 0 Å². The SMILES string of the molecule is FC(F)(F)c1cccc(C(F)(F)F)c1-c1cncs1. The fourth-order valence-electron chi connectivity index (χ4n) is 1.63. The minimum atomic E-state index is -4.86. The first-order valence-corrected chi connectivity index (χ1v) is 5.75. The van der Waals surface area contributed by atoms with Crippen LogP contribution < -0.4 is 0 Å². The summed E-state index contributed by atoms with van der Waals surface area (Å²) in [6, 6.07) is 2.00. The molecule has 1 heterocycles. The molecule has 0 atom stereocenters. The van der Waals surface area contributed by atoms with E-state index in [9.17, 15) is 26.3 Å². The van der Waals surface area contributed by atoms with Crippen LogP contribution >= 0.6 is 11.3 Å². The Morgan fingerprint density at radius 2 is 1.42 bits per heavy atom. The molecule has 0 fully saturated rings. The van der Waals surface area contributed by atoms with Gasteiger partial charge in [0.25, 0.3) is 0 Å². The molecular formula is C11H5F6NS. The van der Waals surface area contributed by atoms with E-state index in [1.165, 1.54) is 5.51 Å². The van der Waals surface area contributed by atoms with Crippen molar-refractivity contribution in [2.45, 2.75) is 12.4 Å². The van der Waals surface area contributed by atoms with Gasteiger partial charge in [-0.25, -0.2) is 0 Å². The van der Waals surface area contributed by atoms with Crippen LogP contribution in [0.15, 0.2) is 29.9 Å². The molecule has 2 aromatic rings. The smallest absolute Gasteiger partial charge is 0.252 e. The first-order chi connectivity index (χ1) is 8.71. The van der Waals surface area contributed by atoms with Crippen LogP contribution in [-0.2, 0) is 12.4 Å². The summed E-state index contributed by atoms with van der Waals surface area (Å²) < 4.78 is 77.0. The summed E-state index contributed by atoms with van der Waals surface area (Å²) in [5, 5.41) is 0. The zero-order valence-electron chi connectivity index (χ0n) is 9.01. The van der Waals surface area contributed by atoms with Gasteiger partial charge in [-0.1, -0.05) is 6.07 Å². The Bertz CT molecular complexity index is 538. The van der Waals surface area contributed by atoms with Gasteiger partial charge in [0.05, 0.1) is 21.5 Å². The monoisotopic (exact) mass is 297 g/mol. The third kappa shape index (κ3) is 2.73. The molecule has 0 aliphatic carbocycles. The zero-order chi connectivity index (χ0) is 14.3. The van der Waals surface area contributed by atoms with Crippen molar-refractivity contribution in [1.82, 2.24) is 4.98 Å². The molecule has 0 aliphatic heterocycles. The van der Waals surface area contributed by atoms with Crippen molar-refractivity contribution >= 4 is 11.3 Å². The lowest BCUT2D eigenvalue weighted by molar-refractivity contribution is -0.142. The van der Waals surface area contributed by atoms with Crippen LogP contribution in [0.3, 0.4) is 0 Å². The average Bonchev–Trinajstić information content (AvgIpc) is 2.78. The molecule has 8 heteroatoms. The minimum absolute atomic E-state index is 0.166. The van der Waals surface area contributed by atoms with Gasteiger partial charge in [0.15, 0.2) is 0 Å². The number of thiazole rings is 1. The van der Waals surface area contributed by atoms with Crippen LogP contribution in [0.4, 0.5) is 26.3 Å². The van der Waals surface area contributed by atoms with E-state index in [0.717, 1.165) is 23.6 Å². The fraction of sp³-hybridized carbons (Fsp3) is 0.182. The van der Waals surface area contributed by atoms with E-state index in [0.29, 0.717) is 12.1 Å². The highest BCUT2D eigenvalue weighted by atomic mass is 32.1. The standard InChI is InChI=1S/C11H5F6NS/c12-10(13,14)6-2-1-3-7(11(15,16)17)9(6)8-4-18-5-19-8/h1-5H. The Morgan fingerprint density at radius 3 is 1.79 bits per heavy atom. The first kappa shape index (κ1) is 13.9. The van der Waals surface area contributed by atoms with E-state index in [2.05, 4.69) is 4.98 Å². The van der Waals surface area contributed by atoms with E-state index in [1.807, 2.05) is 0 Å². The Morgan fingerprint density at radius 1 is 0.895 bits per heavy atom. The van der Waals surface area contributed by atoms with Crippen LogP contribution in [0.5, 0.6) is 0 Å². The highest BCUT2D eigenvalue weighted by Crippen LogP contribution is 2.45. The molecule has 102 valence electrons. The predicted octanol–water partition coefficient (Wildman–Crippen LogP) is 4.85. The second-order valence-electron chi connectivity index (χ2n) is 3.59. The van der Waals surface area contributed by atoms with Gasteiger partial charge in [0, 0.05) is 11.8 Å². The Labute approximate surface area is 107 Å². The van der Waals surface area contributed by atoms with Crippen molar-refractivity contribution in [3.8, 4) is 10.4 Å². The van der Waals surface area contributed by atoms with E-state index < -0.39 is 29.0 Å². The molecule has 1 aromatic heterocycles. The summed E-state index contributed by atoms with van der Waals surface area (Å²) >= 11 is 0.725. The lowest BCUT2D eigenvalue weighted by Crippen LogP contribution is -2.13. The lowest BCUT2D eigenvalue weighted by atomic mass is 9.99. The summed E-state index contributed by atoms with van der Waals surface area (Å²) in [4.78, 5) is 3.36. The number of benzene rings is 1. The summed E-state index contributed by atoms with van der Waals surface area (Å²) in [5.41, 5.74) is -2.31. The van der Waals surface area contributed by atoms with Crippen LogP contribution in [-0.4, -0.2) is 4.98 Å². The van der Waals surface area contributed by atoms with Gasteiger partial charge in [-0.2, -0.15) is 26.3 Å². The molecule has 0 N–H and O–H groups in total. The number of rotatable bonds is 1. The summed E-state index contributed by atoms with van der Waals surface area (Å²) in [7, 11) is 0. The molecule has 0 aliphatic rings. The molecule has 0 saturated heterocycles. The number of nitrogens with zero attached hydrogens (tertiary/aromatic N) is 1. The van der Waals surface area contributed by atoms with Gasteiger partial charge in [0.1, 0.15) is 0 Å². The van der Waals surface area contributed by atoms with E-state index in [4.69, 9.17) is 0 Å². The Hall–Kier alpha value is -1.57. The maximum Gasteiger partial charge on any atom is 0.417 e. The van der Waals surface area contributed by atoms with Gasteiger partial charge in [-0.15, -0.1) is 11.3 Å². The van der Waals surface area contributed by atoms with E-state index in [-0.39, 0.29) is 4.88 Å². The molecule has 0 radical (unpaired) electrons. The van der Waals surface area contributed by atoms with Gasteiger partial charge < -0.3 is 0 Å².